The number of nitrogens with one attached hydrogen (secondary N) is 1. The van der Waals surface area contributed by atoms with E-state index < -0.39 is 5.97 Å². The molecule has 1 atom stereocenters. The first kappa shape index (κ1) is 16.3. The van der Waals surface area contributed by atoms with Gasteiger partial charge in [-0.3, -0.25) is 4.79 Å². The van der Waals surface area contributed by atoms with Gasteiger partial charge in [0.2, 0.25) is 0 Å². The van der Waals surface area contributed by atoms with Gasteiger partial charge in [-0.2, -0.15) is 0 Å². The van der Waals surface area contributed by atoms with Gasteiger partial charge in [0.1, 0.15) is 11.5 Å². The first-order valence-corrected chi connectivity index (χ1v) is 6.76. The Kier molecular flexibility index (Phi) is 6.87. The number of carboxylic acid groups (broad SMARTS) is 1. The van der Waals surface area contributed by atoms with Gasteiger partial charge in [-0.05, 0) is 43.1 Å². The molecule has 0 radical (unpaired) electrons. The number of ether oxygens (including phenoxy) is 2. The van der Waals surface area contributed by atoms with Crippen molar-refractivity contribution in [2.45, 2.75) is 32.2 Å². The number of hydrogen-bond acceptors (Lipinski definition) is 4. The zero-order valence-electron chi connectivity index (χ0n) is 12.3. The van der Waals surface area contributed by atoms with Gasteiger partial charge in [0.25, 0.3) is 0 Å². The largest absolute Gasteiger partial charge is 0.497 e. The fourth-order valence-corrected chi connectivity index (χ4v) is 2.08. The second-order valence-corrected chi connectivity index (χ2v) is 4.63. The van der Waals surface area contributed by atoms with Gasteiger partial charge in [0.05, 0.1) is 20.6 Å². The summed E-state index contributed by atoms with van der Waals surface area (Å²) < 4.78 is 10.5. The van der Waals surface area contributed by atoms with E-state index in [1.165, 1.54) is 0 Å². The van der Waals surface area contributed by atoms with Crippen molar-refractivity contribution in [2.75, 3.05) is 20.8 Å². The highest BCUT2D eigenvalue weighted by Crippen LogP contribution is 2.25. The number of methoxy groups -OCH3 is 2. The first-order chi connectivity index (χ1) is 9.60. The van der Waals surface area contributed by atoms with Crippen molar-refractivity contribution in [1.82, 2.24) is 5.32 Å². The van der Waals surface area contributed by atoms with Crippen molar-refractivity contribution < 1.29 is 19.4 Å². The van der Waals surface area contributed by atoms with Crippen LogP contribution in [-0.2, 0) is 11.2 Å². The molecule has 0 fully saturated rings. The van der Waals surface area contributed by atoms with Crippen LogP contribution in [0.5, 0.6) is 11.5 Å². The lowest BCUT2D eigenvalue weighted by molar-refractivity contribution is -0.137. The molecule has 0 heterocycles. The lowest BCUT2D eigenvalue weighted by atomic mass is 10.0. The van der Waals surface area contributed by atoms with E-state index in [0.717, 1.165) is 30.0 Å². The molecule has 1 unspecified atom stereocenters. The average molecular weight is 281 g/mol. The maximum atomic E-state index is 10.9. The molecular weight excluding hydrogens is 258 g/mol. The standard InChI is InChI=1S/C15H23NO4/c1-4-7-16-12(10-15(17)18)8-11-9-13(19-2)5-6-14(11)20-3/h5-6,9,12,16H,4,7-8,10H2,1-3H3,(H,17,18). The van der Waals surface area contributed by atoms with Gasteiger partial charge in [0, 0.05) is 6.04 Å². The molecule has 0 amide bonds. The third-order valence-electron chi connectivity index (χ3n) is 3.06. The molecule has 5 nitrogen and oxygen atoms in total. The molecule has 1 aromatic carbocycles. The smallest absolute Gasteiger partial charge is 0.304 e. The van der Waals surface area contributed by atoms with Gasteiger partial charge in [-0.1, -0.05) is 6.92 Å². The highest BCUT2D eigenvalue weighted by Gasteiger charge is 2.16. The molecule has 2 N–H and O–H groups in total. The third-order valence-corrected chi connectivity index (χ3v) is 3.06. The van der Waals surface area contributed by atoms with Crippen LogP contribution in [0.4, 0.5) is 0 Å². The Hall–Kier alpha value is -1.75. The summed E-state index contributed by atoms with van der Waals surface area (Å²) in [6, 6.07) is 5.44. The summed E-state index contributed by atoms with van der Waals surface area (Å²) in [7, 11) is 3.21. The Balaban J connectivity index is 2.86. The van der Waals surface area contributed by atoms with E-state index >= 15 is 0 Å². The molecule has 5 heteroatoms. The molecule has 20 heavy (non-hydrogen) atoms. The van der Waals surface area contributed by atoms with E-state index in [1.54, 1.807) is 14.2 Å². The van der Waals surface area contributed by atoms with Crippen LogP contribution in [0, 0.1) is 0 Å². The quantitative estimate of drug-likeness (QED) is 0.725. The van der Waals surface area contributed by atoms with Gasteiger partial charge < -0.3 is 19.9 Å². The average Bonchev–Trinajstić information content (AvgIpc) is 2.44. The van der Waals surface area contributed by atoms with Crippen LogP contribution >= 0.6 is 0 Å². The number of carboxylic acids is 1. The van der Waals surface area contributed by atoms with Gasteiger partial charge in [-0.25, -0.2) is 0 Å². The van der Waals surface area contributed by atoms with E-state index in [1.807, 2.05) is 18.2 Å². The summed E-state index contributed by atoms with van der Waals surface area (Å²) in [6.45, 7) is 2.85. The second-order valence-electron chi connectivity index (χ2n) is 4.63. The normalized spacial score (nSPS) is 11.9. The fourth-order valence-electron chi connectivity index (χ4n) is 2.08. The van der Waals surface area contributed by atoms with E-state index in [9.17, 15) is 4.79 Å². The number of rotatable bonds is 9. The first-order valence-electron chi connectivity index (χ1n) is 6.76. The molecule has 1 aromatic rings. The third kappa shape index (κ3) is 5.09. The van der Waals surface area contributed by atoms with Crippen LogP contribution in [-0.4, -0.2) is 37.9 Å². The molecule has 0 spiro atoms. The molecule has 0 bridgehead atoms. The van der Waals surface area contributed by atoms with Crippen molar-refractivity contribution in [2.24, 2.45) is 0 Å². The maximum absolute atomic E-state index is 10.9. The Labute approximate surface area is 119 Å². The van der Waals surface area contributed by atoms with Crippen LogP contribution in [0.3, 0.4) is 0 Å². The van der Waals surface area contributed by atoms with Crippen molar-refractivity contribution in [3.05, 3.63) is 23.8 Å². The van der Waals surface area contributed by atoms with Gasteiger partial charge >= 0.3 is 5.97 Å². The van der Waals surface area contributed by atoms with Crippen LogP contribution in [0.15, 0.2) is 18.2 Å². The van der Waals surface area contributed by atoms with Crippen molar-refractivity contribution >= 4 is 5.97 Å². The van der Waals surface area contributed by atoms with Crippen molar-refractivity contribution in [3.63, 3.8) is 0 Å². The predicted octanol–water partition coefficient (Wildman–Crippen LogP) is 2.09. The summed E-state index contributed by atoms with van der Waals surface area (Å²) in [5, 5.41) is 12.3. The van der Waals surface area contributed by atoms with E-state index in [2.05, 4.69) is 12.2 Å². The maximum Gasteiger partial charge on any atom is 0.304 e. The zero-order chi connectivity index (χ0) is 15.0. The SMILES string of the molecule is CCCNC(CC(=O)O)Cc1cc(OC)ccc1OC. The minimum absolute atomic E-state index is 0.0837. The molecule has 1 rings (SSSR count). The number of hydrogen-bond donors (Lipinski definition) is 2. The summed E-state index contributed by atoms with van der Waals surface area (Å²) in [5.41, 5.74) is 0.946. The Morgan fingerprint density at radius 1 is 1.35 bits per heavy atom. The molecule has 0 saturated carbocycles. The highest BCUT2D eigenvalue weighted by atomic mass is 16.5. The Bertz CT molecular complexity index is 434. The molecule has 0 saturated heterocycles. The Morgan fingerprint density at radius 3 is 2.65 bits per heavy atom. The van der Waals surface area contributed by atoms with Crippen LogP contribution in [0.2, 0.25) is 0 Å². The lowest BCUT2D eigenvalue weighted by Gasteiger charge is -2.18. The molecule has 0 aliphatic heterocycles. The van der Waals surface area contributed by atoms with Gasteiger partial charge in [-0.15, -0.1) is 0 Å². The number of aliphatic carboxylic acids is 1. The summed E-state index contributed by atoms with van der Waals surface area (Å²) >= 11 is 0. The van der Waals surface area contributed by atoms with Crippen LogP contribution in [0.1, 0.15) is 25.3 Å². The minimum Gasteiger partial charge on any atom is -0.497 e. The van der Waals surface area contributed by atoms with E-state index in [0.29, 0.717) is 6.42 Å². The van der Waals surface area contributed by atoms with Crippen molar-refractivity contribution in [1.29, 1.82) is 0 Å². The zero-order valence-corrected chi connectivity index (χ0v) is 12.3. The summed E-state index contributed by atoms with van der Waals surface area (Å²) in [5.74, 6) is 0.685. The molecular formula is C15H23NO4. The predicted molar refractivity (Wildman–Crippen MR) is 77.6 cm³/mol. The van der Waals surface area contributed by atoms with E-state index in [4.69, 9.17) is 14.6 Å². The lowest BCUT2D eigenvalue weighted by Crippen LogP contribution is -2.34. The van der Waals surface area contributed by atoms with E-state index in [-0.39, 0.29) is 12.5 Å². The topological polar surface area (TPSA) is 67.8 Å². The fraction of sp³-hybridized carbons (Fsp3) is 0.533. The van der Waals surface area contributed by atoms with Crippen molar-refractivity contribution in [3.8, 4) is 11.5 Å². The highest BCUT2D eigenvalue weighted by molar-refractivity contribution is 5.67. The number of carbonyl (C=O) groups is 1. The summed E-state index contributed by atoms with van der Waals surface area (Å²) in [6.07, 6.45) is 1.64. The molecule has 112 valence electrons. The Morgan fingerprint density at radius 2 is 2.10 bits per heavy atom. The molecule has 0 aliphatic carbocycles. The minimum atomic E-state index is -0.805. The number of benzene rings is 1. The monoisotopic (exact) mass is 281 g/mol. The second kappa shape index (κ2) is 8.43. The van der Waals surface area contributed by atoms with Crippen LogP contribution in [0.25, 0.3) is 0 Å². The summed E-state index contributed by atoms with van der Waals surface area (Å²) in [4.78, 5) is 10.9. The molecule has 0 aromatic heterocycles. The van der Waals surface area contributed by atoms with Crippen LogP contribution < -0.4 is 14.8 Å². The molecule has 0 aliphatic rings. The van der Waals surface area contributed by atoms with Gasteiger partial charge in [0.15, 0.2) is 0 Å².